The molecule has 0 saturated heterocycles. The fraction of sp³-hybridized carbons (Fsp3) is 0.182. The molecule has 0 aliphatic heterocycles. The number of hydrogen-bond acceptors (Lipinski definition) is 5. The molecule has 0 fully saturated rings. The van der Waals surface area contributed by atoms with Crippen molar-refractivity contribution >= 4 is 40.5 Å². The van der Waals surface area contributed by atoms with E-state index in [1.807, 2.05) is 0 Å². The third-order valence-corrected chi connectivity index (χ3v) is 3.08. The predicted octanol–water partition coefficient (Wildman–Crippen LogP) is 2.62. The molecule has 0 saturated carbocycles. The van der Waals surface area contributed by atoms with E-state index in [4.69, 9.17) is 39.5 Å². The van der Waals surface area contributed by atoms with Crippen molar-refractivity contribution in [3.05, 3.63) is 43.9 Å². The highest BCUT2D eigenvalue weighted by Gasteiger charge is 2.06. The van der Waals surface area contributed by atoms with Crippen LogP contribution in [0.4, 0.5) is 5.69 Å². The van der Waals surface area contributed by atoms with Gasteiger partial charge in [0, 0.05) is 12.7 Å². The molecule has 0 aliphatic carbocycles. The maximum Gasteiger partial charge on any atom is 0.285 e. The zero-order valence-electron chi connectivity index (χ0n) is 9.99. The molecule has 0 amide bonds. The van der Waals surface area contributed by atoms with Gasteiger partial charge in [0.15, 0.2) is 0 Å². The summed E-state index contributed by atoms with van der Waals surface area (Å²) in [5, 5.41) is 9.57. The van der Waals surface area contributed by atoms with E-state index in [2.05, 4.69) is 20.5 Å². The van der Waals surface area contributed by atoms with E-state index in [1.165, 1.54) is 18.5 Å². The standard InChI is InChI=1S/C11H9Cl3N4O2/c12-6-3-7(13)11(16-4-6)20-2-1-15-8-5-17-18-10(19)9(8)14/h3-5H,1-2H2,(H2,15,18,19). The van der Waals surface area contributed by atoms with Gasteiger partial charge in [0.1, 0.15) is 16.7 Å². The van der Waals surface area contributed by atoms with Crippen molar-refractivity contribution in [3.63, 3.8) is 0 Å². The fourth-order valence-electron chi connectivity index (χ4n) is 1.35. The number of ether oxygens (including phenoxy) is 1. The van der Waals surface area contributed by atoms with Gasteiger partial charge < -0.3 is 10.1 Å². The van der Waals surface area contributed by atoms with Crippen molar-refractivity contribution < 1.29 is 4.74 Å². The summed E-state index contributed by atoms with van der Waals surface area (Å²) in [6.45, 7) is 0.670. The molecule has 2 N–H and O–H groups in total. The third-order valence-electron chi connectivity index (χ3n) is 2.23. The minimum atomic E-state index is -0.458. The molecule has 0 radical (unpaired) electrons. The second-order valence-electron chi connectivity index (χ2n) is 3.64. The Hall–Kier alpha value is -1.50. The molecule has 106 valence electrons. The Labute approximate surface area is 129 Å². The summed E-state index contributed by atoms with van der Waals surface area (Å²) in [4.78, 5) is 15.2. The highest BCUT2D eigenvalue weighted by Crippen LogP contribution is 2.24. The normalized spacial score (nSPS) is 10.3. The fourth-order valence-corrected chi connectivity index (χ4v) is 1.94. The summed E-state index contributed by atoms with van der Waals surface area (Å²) < 4.78 is 5.37. The first kappa shape index (κ1) is 14.9. The molecule has 0 aliphatic rings. The number of aromatic amines is 1. The van der Waals surface area contributed by atoms with E-state index in [1.54, 1.807) is 0 Å². The number of hydrogen-bond donors (Lipinski definition) is 2. The summed E-state index contributed by atoms with van der Waals surface area (Å²) in [6.07, 6.45) is 2.85. The third kappa shape index (κ3) is 3.75. The SMILES string of the molecule is O=c1[nH]ncc(NCCOc2ncc(Cl)cc2Cl)c1Cl. The molecule has 20 heavy (non-hydrogen) atoms. The summed E-state index contributed by atoms with van der Waals surface area (Å²) >= 11 is 17.4. The Kier molecular flexibility index (Phi) is 5.05. The average molecular weight is 336 g/mol. The molecule has 0 spiro atoms. The summed E-state index contributed by atoms with van der Waals surface area (Å²) in [6, 6.07) is 1.54. The van der Waals surface area contributed by atoms with Gasteiger partial charge in [-0.05, 0) is 6.07 Å². The lowest BCUT2D eigenvalue weighted by Gasteiger charge is -2.09. The lowest BCUT2D eigenvalue weighted by molar-refractivity contribution is 0.320. The Morgan fingerprint density at radius 3 is 2.85 bits per heavy atom. The molecule has 2 aromatic rings. The molecule has 2 heterocycles. The Bertz CT molecular complexity index is 662. The maximum absolute atomic E-state index is 11.2. The van der Waals surface area contributed by atoms with Crippen molar-refractivity contribution in [1.82, 2.24) is 15.2 Å². The van der Waals surface area contributed by atoms with Crippen LogP contribution in [-0.4, -0.2) is 28.3 Å². The molecule has 2 rings (SSSR count). The largest absolute Gasteiger partial charge is 0.475 e. The van der Waals surface area contributed by atoms with E-state index in [0.29, 0.717) is 22.3 Å². The number of H-pyrrole nitrogens is 1. The van der Waals surface area contributed by atoms with Crippen LogP contribution in [0.5, 0.6) is 5.88 Å². The van der Waals surface area contributed by atoms with Crippen molar-refractivity contribution in [1.29, 1.82) is 0 Å². The number of nitrogens with one attached hydrogen (secondary N) is 2. The van der Waals surface area contributed by atoms with Gasteiger partial charge in [-0.1, -0.05) is 34.8 Å². The number of anilines is 1. The molecule has 0 atom stereocenters. The quantitative estimate of drug-likeness (QED) is 0.821. The van der Waals surface area contributed by atoms with Crippen molar-refractivity contribution in [3.8, 4) is 5.88 Å². The highest BCUT2D eigenvalue weighted by molar-refractivity contribution is 6.35. The van der Waals surface area contributed by atoms with Gasteiger partial charge in [-0.15, -0.1) is 0 Å². The van der Waals surface area contributed by atoms with Crippen LogP contribution < -0.4 is 15.6 Å². The maximum atomic E-state index is 11.2. The minimum absolute atomic E-state index is 0.0441. The smallest absolute Gasteiger partial charge is 0.285 e. The monoisotopic (exact) mass is 334 g/mol. The number of rotatable bonds is 5. The molecule has 6 nitrogen and oxygen atoms in total. The van der Waals surface area contributed by atoms with Crippen LogP contribution in [0.25, 0.3) is 0 Å². The summed E-state index contributed by atoms with van der Waals surface area (Å²) in [5.41, 5.74) is -0.0332. The van der Waals surface area contributed by atoms with Crippen LogP contribution in [0.3, 0.4) is 0 Å². The van der Waals surface area contributed by atoms with Gasteiger partial charge in [-0.2, -0.15) is 5.10 Å². The second-order valence-corrected chi connectivity index (χ2v) is 4.86. The van der Waals surface area contributed by atoms with Gasteiger partial charge in [0.25, 0.3) is 5.56 Å². The van der Waals surface area contributed by atoms with Gasteiger partial charge in [-0.3, -0.25) is 4.79 Å². The van der Waals surface area contributed by atoms with Gasteiger partial charge in [-0.25, -0.2) is 10.1 Å². The van der Waals surface area contributed by atoms with E-state index in [-0.39, 0.29) is 17.5 Å². The van der Waals surface area contributed by atoms with E-state index in [0.717, 1.165) is 0 Å². The lowest BCUT2D eigenvalue weighted by atomic mass is 10.4. The van der Waals surface area contributed by atoms with Crippen molar-refractivity contribution in [2.75, 3.05) is 18.5 Å². The van der Waals surface area contributed by atoms with Crippen molar-refractivity contribution in [2.24, 2.45) is 0 Å². The molecule has 0 aromatic carbocycles. The number of pyridine rings is 1. The van der Waals surface area contributed by atoms with Crippen LogP contribution in [0.15, 0.2) is 23.3 Å². The molecule has 0 unspecified atom stereocenters. The molecule has 0 bridgehead atoms. The van der Waals surface area contributed by atoms with Crippen molar-refractivity contribution in [2.45, 2.75) is 0 Å². The Morgan fingerprint density at radius 2 is 2.10 bits per heavy atom. The number of aromatic nitrogens is 3. The highest BCUT2D eigenvalue weighted by atomic mass is 35.5. The molecule has 2 aromatic heterocycles. The topological polar surface area (TPSA) is 79.9 Å². The Morgan fingerprint density at radius 1 is 1.30 bits per heavy atom. The first-order valence-corrected chi connectivity index (χ1v) is 6.62. The van der Waals surface area contributed by atoms with Crippen LogP contribution in [0, 0.1) is 0 Å². The van der Waals surface area contributed by atoms with E-state index < -0.39 is 5.56 Å². The average Bonchev–Trinajstić information content (AvgIpc) is 2.41. The zero-order chi connectivity index (χ0) is 14.5. The molecular formula is C11H9Cl3N4O2. The first-order valence-electron chi connectivity index (χ1n) is 5.49. The predicted molar refractivity (Wildman–Crippen MR) is 78.1 cm³/mol. The second kappa shape index (κ2) is 6.78. The van der Waals surface area contributed by atoms with Crippen LogP contribution in [-0.2, 0) is 0 Å². The lowest BCUT2D eigenvalue weighted by Crippen LogP contribution is -2.16. The number of nitrogens with zero attached hydrogens (tertiary/aromatic N) is 2. The first-order chi connectivity index (χ1) is 9.58. The summed E-state index contributed by atoms with van der Waals surface area (Å²) in [7, 11) is 0. The van der Waals surface area contributed by atoms with Crippen LogP contribution >= 0.6 is 34.8 Å². The molecule has 9 heteroatoms. The minimum Gasteiger partial charge on any atom is -0.475 e. The molecular weight excluding hydrogens is 327 g/mol. The van der Waals surface area contributed by atoms with Gasteiger partial charge >= 0.3 is 0 Å². The van der Waals surface area contributed by atoms with E-state index >= 15 is 0 Å². The van der Waals surface area contributed by atoms with E-state index in [9.17, 15) is 4.79 Å². The van der Waals surface area contributed by atoms with Gasteiger partial charge in [0.2, 0.25) is 5.88 Å². The number of halogens is 3. The van der Waals surface area contributed by atoms with Gasteiger partial charge in [0.05, 0.1) is 16.9 Å². The summed E-state index contributed by atoms with van der Waals surface area (Å²) in [5.74, 6) is 0.285. The Balaban J connectivity index is 1.88. The zero-order valence-corrected chi connectivity index (χ0v) is 12.3. The van der Waals surface area contributed by atoms with Crippen LogP contribution in [0.1, 0.15) is 0 Å². The van der Waals surface area contributed by atoms with Crippen LogP contribution in [0.2, 0.25) is 15.1 Å².